The van der Waals surface area contributed by atoms with Crippen LogP contribution in [0.3, 0.4) is 0 Å². The van der Waals surface area contributed by atoms with Crippen molar-refractivity contribution >= 4 is 11.9 Å². The second-order valence-corrected chi connectivity index (χ2v) is 12.1. The lowest BCUT2D eigenvalue weighted by molar-refractivity contribution is -0.181. The van der Waals surface area contributed by atoms with Crippen LogP contribution in [0.2, 0.25) is 0 Å². The van der Waals surface area contributed by atoms with E-state index in [9.17, 15) is 14.7 Å². The van der Waals surface area contributed by atoms with Crippen LogP contribution < -0.4 is 0 Å². The third kappa shape index (κ3) is 3.91. The van der Waals surface area contributed by atoms with Gasteiger partial charge < -0.3 is 14.6 Å². The first-order valence-electron chi connectivity index (χ1n) is 13.0. The van der Waals surface area contributed by atoms with Gasteiger partial charge in [0.1, 0.15) is 6.10 Å². The van der Waals surface area contributed by atoms with Gasteiger partial charge in [-0.05, 0) is 104 Å². The standard InChI is InChI=1S/C27H44O5/c1-16(6-11-25(30)31-5)21-9-10-22-20-8-7-18-14-19(32-17(2)28)12-13-26(18,3)23(20)15-24(29)27(21,22)4/h16,18-24,29H,6-15H2,1-5H3/t16-,18+,19-,20+,21-,22+,23+,24-,26+,27-/m1/s1. The number of aliphatic hydroxyl groups excluding tert-OH is 1. The number of rotatable bonds is 5. The first kappa shape index (κ1) is 24.0. The van der Waals surface area contributed by atoms with Crippen molar-refractivity contribution in [1.82, 2.24) is 0 Å². The van der Waals surface area contributed by atoms with Gasteiger partial charge in [-0.15, -0.1) is 0 Å². The van der Waals surface area contributed by atoms with Gasteiger partial charge in [0.2, 0.25) is 0 Å². The molecule has 0 aromatic carbocycles. The van der Waals surface area contributed by atoms with Crippen molar-refractivity contribution in [2.75, 3.05) is 7.11 Å². The minimum atomic E-state index is -0.274. The lowest BCUT2D eigenvalue weighted by atomic mass is 9.43. The molecule has 0 saturated heterocycles. The van der Waals surface area contributed by atoms with Crippen LogP contribution in [0.4, 0.5) is 0 Å². The van der Waals surface area contributed by atoms with Crippen molar-refractivity contribution in [1.29, 1.82) is 0 Å². The number of ether oxygens (including phenoxy) is 2. The maximum Gasteiger partial charge on any atom is 0.305 e. The van der Waals surface area contributed by atoms with Crippen molar-refractivity contribution in [2.45, 2.75) is 104 Å². The molecule has 0 aromatic heterocycles. The lowest BCUT2D eigenvalue weighted by Crippen LogP contribution is -2.59. The van der Waals surface area contributed by atoms with E-state index in [-0.39, 0.29) is 35.0 Å². The Hall–Kier alpha value is -1.10. The molecule has 4 aliphatic rings. The zero-order valence-corrected chi connectivity index (χ0v) is 20.8. The van der Waals surface area contributed by atoms with Gasteiger partial charge in [-0.25, -0.2) is 0 Å². The smallest absolute Gasteiger partial charge is 0.305 e. The van der Waals surface area contributed by atoms with Crippen LogP contribution in [0.5, 0.6) is 0 Å². The number of carbonyl (C=O) groups is 2. The molecule has 10 atom stereocenters. The Morgan fingerprint density at radius 2 is 1.81 bits per heavy atom. The molecule has 4 fully saturated rings. The molecule has 0 aliphatic heterocycles. The van der Waals surface area contributed by atoms with E-state index < -0.39 is 0 Å². The molecule has 0 spiro atoms. The average molecular weight is 449 g/mol. The SMILES string of the molecule is COC(=O)CC[C@@H](C)[C@H]1CC[C@H]2[C@@H]3CC[C@H]4C[C@H](OC(C)=O)CC[C@]4(C)[C@H]3C[C@@H](O)[C@]12C. The van der Waals surface area contributed by atoms with Crippen molar-refractivity contribution in [3.8, 4) is 0 Å². The maximum absolute atomic E-state index is 11.7. The second-order valence-electron chi connectivity index (χ2n) is 12.1. The predicted molar refractivity (Wildman–Crippen MR) is 123 cm³/mol. The summed E-state index contributed by atoms with van der Waals surface area (Å²) >= 11 is 0. The highest BCUT2D eigenvalue weighted by molar-refractivity contribution is 5.69. The monoisotopic (exact) mass is 448 g/mol. The molecule has 1 N–H and O–H groups in total. The number of esters is 2. The quantitative estimate of drug-likeness (QED) is 0.590. The fourth-order valence-electron chi connectivity index (χ4n) is 9.13. The van der Waals surface area contributed by atoms with Crippen molar-refractivity contribution < 1.29 is 24.2 Å². The third-order valence-corrected chi connectivity index (χ3v) is 10.8. The molecular formula is C27H44O5. The molecule has 0 amide bonds. The summed E-state index contributed by atoms with van der Waals surface area (Å²) in [5.74, 6) is 3.02. The summed E-state index contributed by atoms with van der Waals surface area (Å²) in [6, 6.07) is 0. The van der Waals surface area contributed by atoms with E-state index in [1.807, 2.05) is 0 Å². The Labute approximate surface area is 194 Å². The Kier molecular flexibility index (Phi) is 6.70. The van der Waals surface area contributed by atoms with Crippen LogP contribution in [0.25, 0.3) is 0 Å². The fraction of sp³-hybridized carbons (Fsp3) is 0.926. The number of hydrogen-bond acceptors (Lipinski definition) is 5. The Morgan fingerprint density at radius 1 is 1.06 bits per heavy atom. The van der Waals surface area contributed by atoms with Gasteiger partial charge in [0.05, 0.1) is 13.2 Å². The highest BCUT2D eigenvalue weighted by Crippen LogP contribution is 2.68. The highest BCUT2D eigenvalue weighted by atomic mass is 16.5. The molecule has 0 bridgehead atoms. The molecule has 0 aromatic rings. The highest BCUT2D eigenvalue weighted by Gasteiger charge is 2.63. The molecule has 5 nitrogen and oxygen atoms in total. The number of hydrogen-bond donors (Lipinski definition) is 1. The van der Waals surface area contributed by atoms with E-state index in [0.717, 1.165) is 32.1 Å². The van der Waals surface area contributed by atoms with Gasteiger partial charge in [-0.1, -0.05) is 20.8 Å². The second kappa shape index (κ2) is 8.92. The van der Waals surface area contributed by atoms with E-state index >= 15 is 0 Å². The molecule has 182 valence electrons. The lowest BCUT2D eigenvalue weighted by Gasteiger charge is -2.62. The number of methoxy groups -OCH3 is 1. The van der Waals surface area contributed by atoms with E-state index in [0.29, 0.717) is 41.9 Å². The summed E-state index contributed by atoms with van der Waals surface area (Å²) in [6.45, 7) is 8.62. The first-order valence-corrected chi connectivity index (χ1v) is 13.0. The molecule has 4 rings (SSSR count). The van der Waals surface area contributed by atoms with E-state index in [4.69, 9.17) is 9.47 Å². The molecule has 4 aliphatic carbocycles. The maximum atomic E-state index is 11.7. The van der Waals surface area contributed by atoms with Crippen molar-refractivity contribution in [3.05, 3.63) is 0 Å². The van der Waals surface area contributed by atoms with Crippen molar-refractivity contribution in [3.63, 3.8) is 0 Å². The zero-order chi connectivity index (χ0) is 23.3. The molecule has 4 saturated carbocycles. The molecule has 0 heterocycles. The zero-order valence-electron chi connectivity index (χ0n) is 20.8. The predicted octanol–water partition coefficient (Wildman–Crippen LogP) is 5.14. The fourth-order valence-corrected chi connectivity index (χ4v) is 9.13. The summed E-state index contributed by atoms with van der Waals surface area (Å²) in [6.07, 6.45) is 9.92. The number of carbonyl (C=O) groups excluding carboxylic acids is 2. The largest absolute Gasteiger partial charge is 0.469 e. The van der Waals surface area contributed by atoms with Crippen LogP contribution in [-0.2, 0) is 19.1 Å². The average Bonchev–Trinajstić information content (AvgIpc) is 3.11. The molecular weight excluding hydrogens is 404 g/mol. The first-order chi connectivity index (χ1) is 15.1. The normalized spacial score (nSPS) is 46.4. The summed E-state index contributed by atoms with van der Waals surface area (Å²) in [5, 5.41) is 11.6. The Bertz CT molecular complexity index is 721. The summed E-state index contributed by atoms with van der Waals surface area (Å²) in [5.41, 5.74) is 0.200. The van der Waals surface area contributed by atoms with Crippen LogP contribution in [0.1, 0.15) is 91.9 Å². The molecule has 32 heavy (non-hydrogen) atoms. The Balaban J connectivity index is 1.50. The topological polar surface area (TPSA) is 72.8 Å². The van der Waals surface area contributed by atoms with Gasteiger partial charge in [-0.3, -0.25) is 9.59 Å². The van der Waals surface area contributed by atoms with Gasteiger partial charge in [-0.2, -0.15) is 0 Å². The number of fused-ring (bicyclic) bond motifs is 5. The molecule has 0 unspecified atom stereocenters. The van der Waals surface area contributed by atoms with Crippen LogP contribution in [0, 0.1) is 46.3 Å². The summed E-state index contributed by atoms with van der Waals surface area (Å²) in [4.78, 5) is 23.2. The van der Waals surface area contributed by atoms with E-state index in [1.54, 1.807) is 0 Å². The van der Waals surface area contributed by atoms with Crippen LogP contribution in [-0.4, -0.2) is 36.4 Å². The summed E-state index contributed by atoms with van der Waals surface area (Å²) < 4.78 is 10.5. The van der Waals surface area contributed by atoms with Gasteiger partial charge in [0, 0.05) is 13.3 Å². The summed E-state index contributed by atoms with van der Waals surface area (Å²) in [7, 11) is 1.46. The van der Waals surface area contributed by atoms with E-state index in [2.05, 4.69) is 20.8 Å². The minimum Gasteiger partial charge on any atom is -0.469 e. The van der Waals surface area contributed by atoms with Crippen LogP contribution in [0.15, 0.2) is 0 Å². The minimum absolute atomic E-state index is 0.0468. The van der Waals surface area contributed by atoms with Crippen LogP contribution >= 0.6 is 0 Å². The molecule has 0 radical (unpaired) electrons. The molecule has 5 heteroatoms. The van der Waals surface area contributed by atoms with Gasteiger partial charge in [0.15, 0.2) is 0 Å². The third-order valence-electron chi connectivity index (χ3n) is 10.8. The number of aliphatic hydroxyl groups is 1. The van der Waals surface area contributed by atoms with Gasteiger partial charge >= 0.3 is 11.9 Å². The Morgan fingerprint density at radius 3 is 2.50 bits per heavy atom. The van der Waals surface area contributed by atoms with Gasteiger partial charge in [0.25, 0.3) is 0 Å². The van der Waals surface area contributed by atoms with E-state index in [1.165, 1.54) is 39.7 Å². The van der Waals surface area contributed by atoms with Crippen molar-refractivity contribution in [2.24, 2.45) is 46.3 Å².